The number of anilines is 1. The average Bonchev–Trinajstić information content (AvgIpc) is 2.81. The van der Waals surface area contributed by atoms with E-state index in [4.69, 9.17) is 0 Å². The van der Waals surface area contributed by atoms with E-state index in [0.29, 0.717) is 6.10 Å². The zero-order valence-corrected chi connectivity index (χ0v) is 17.8. The molecule has 146 valence electrons. The van der Waals surface area contributed by atoms with Gasteiger partial charge in [0.1, 0.15) is 0 Å². The maximum absolute atomic E-state index is 3.51. The maximum Gasteiger partial charge on any atom is 0.260 e. The summed E-state index contributed by atoms with van der Waals surface area (Å²) < 4.78 is 3.48. The number of nitrogens with one attached hydrogen (secondary N) is 1. The summed E-state index contributed by atoms with van der Waals surface area (Å²) in [6.45, 7) is 10.4. The largest absolute Gasteiger partial charge is 0.571 e. The van der Waals surface area contributed by atoms with Gasteiger partial charge in [-0.25, -0.2) is 0 Å². The van der Waals surface area contributed by atoms with E-state index in [9.17, 15) is 0 Å². The molecule has 2 aromatic carbocycles. The molecule has 0 aromatic heterocycles. The molecular weight excluding hydrogens is 330 g/mol. The van der Waals surface area contributed by atoms with Crippen LogP contribution in [0.15, 0.2) is 42.5 Å². The van der Waals surface area contributed by atoms with E-state index in [1.165, 1.54) is 60.2 Å². The zero-order valence-electron chi connectivity index (χ0n) is 17.8. The number of unbranched alkanes of at least 4 members (excludes halogenated alkanes) is 3. The first kappa shape index (κ1) is 19.8. The van der Waals surface area contributed by atoms with Gasteiger partial charge in [-0.05, 0) is 63.8 Å². The molecule has 0 aliphatic carbocycles. The fourth-order valence-electron chi connectivity index (χ4n) is 4.90. The van der Waals surface area contributed by atoms with Gasteiger partial charge in [0.05, 0.1) is 11.0 Å². The highest BCUT2D eigenvalue weighted by atomic mass is 16.7. The normalized spacial score (nSPS) is 17.8. The van der Waals surface area contributed by atoms with Gasteiger partial charge in [-0.3, -0.25) is 0 Å². The minimum Gasteiger partial charge on any atom is -0.571 e. The number of hydrogen-bond acceptors (Lipinski definition) is 1. The van der Waals surface area contributed by atoms with Gasteiger partial charge in [0, 0.05) is 24.7 Å². The number of aryl methyl sites for hydroxylation is 2. The van der Waals surface area contributed by atoms with Crippen LogP contribution in [0.3, 0.4) is 0 Å². The Balaban J connectivity index is 1.45. The van der Waals surface area contributed by atoms with Crippen LogP contribution >= 0.6 is 0 Å². The lowest BCUT2D eigenvalue weighted by Gasteiger charge is -2.29. The molecule has 0 radical (unpaired) electrons. The Bertz CT molecular complexity index is 750. The molecule has 0 spiro atoms. The molecule has 3 rings (SSSR count). The van der Waals surface area contributed by atoms with Crippen molar-refractivity contribution in [1.82, 2.24) is 0 Å². The Morgan fingerprint density at radius 1 is 0.963 bits per heavy atom. The van der Waals surface area contributed by atoms with Crippen molar-refractivity contribution in [2.75, 3.05) is 19.0 Å². The summed E-state index contributed by atoms with van der Waals surface area (Å²) in [7, 11) is 2.21. The van der Waals surface area contributed by atoms with Gasteiger partial charge < -0.3 is 9.68 Å². The summed E-state index contributed by atoms with van der Waals surface area (Å²) in [6.07, 6.45) is 6.91. The monoisotopic (exact) mass is 366 g/mol. The zero-order chi connectivity index (χ0) is 19.4. The molecule has 1 aliphatic heterocycles. The number of benzene rings is 2. The molecule has 1 aliphatic rings. The highest BCUT2D eigenvalue weighted by Crippen LogP contribution is 2.53. The summed E-state index contributed by atoms with van der Waals surface area (Å²) >= 11 is 0. The van der Waals surface area contributed by atoms with Gasteiger partial charge >= 0.3 is 0 Å². The summed E-state index contributed by atoms with van der Waals surface area (Å²) in [5.74, 6) is 1.37. The van der Waals surface area contributed by atoms with Gasteiger partial charge in [-0.1, -0.05) is 37.1 Å². The van der Waals surface area contributed by atoms with Crippen LogP contribution in [0.2, 0.25) is 0 Å². The summed E-state index contributed by atoms with van der Waals surface area (Å²) in [6, 6.07) is 15.2. The van der Waals surface area contributed by atoms with E-state index >= 15 is 0 Å². The quantitative estimate of drug-likeness (QED) is 0.396. The van der Waals surface area contributed by atoms with Crippen LogP contribution < -0.4 is 5.32 Å². The second kappa shape index (κ2) is 8.37. The van der Waals surface area contributed by atoms with Crippen LogP contribution in [0, 0.1) is 13.8 Å². The highest BCUT2D eigenvalue weighted by molar-refractivity contribution is 5.51. The van der Waals surface area contributed by atoms with Crippen molar-refractivity contribution in [3.8, 4) is 5.75 Å². The van der Waals surface area contributed by atoms with Crippen LogP contribution in [0.1, 0.15) is 62.6 Å². The SMILES string of the molecule is Cc1cc(C)c2c(c1)[O+](C)C(CCCCCCNc1ccccc1)C2(C)C. The summed E-state index contributed by atoms with van der Waals surface area (Å²) in [5, 5.41) is 3.51. The van der Waals surface area contributed by atoms with E-state index in [-0.39, 0.29) is 5.41 Å². The third-order valence-corrected chi connectivity index (χ3v) is 6.16. The van der Waals surface area contributed by atoms with Crippen molar-refractivity contribution in [2.45, 2.75) is 71.3 Å². The van der Waals surface area contributed by atoms with E-state index in [1.807, 2.05) is 0 Å². The molecule has 2 nitrogen and oxygen atoms in total. The van der Waals surface area contributed by atoms with Crippen LogP contribution in [0.25, 0.3) is 0 Å². The Kier molecular flexibility index (Phi) is 6.14. The Morgan fingerprint density at radius 2 is 1.67 bits per heavy atom. The van der Waals surface area contributed by atoms with Crippen molar-refractivity contribution >= 4 is 5.69 Å². The molecule has 0 saturated carbocycles. The predicted molar refractivity (Wildman–Crippen MR) is 117 cm³/mol. The smallest absolute Gasteiger partial charge is 0.260 e. The van der Waals surface area contributed by atoms with Crippen molar-refractivity contribution in [3.05, 3.63) is 59.2 Å². The standard InChI is InChI=1S/C25H36NO/c1-19-17-20(2)24-22(18-19)27(5)23(25(24,3)4)15-11-6-7-12-16-26-21-13-9-8-10-14-21/h8-10,13-14,17-18,23,26H,6-7,11-12,15-16H2,1-5H3/q+1. The van der Waals surface area contributed by atoms with Gasteiger partial charge in [-0.2, -0.15) is 0 Å². The molecular formula is C25H36NO+. The predicted octanol–water partition coefficient (Wildman–Crippen LogP) is 6.92. The molecule has 1 unspecified atom stereocenters. The minimum absolute atomic E-state index is 0.196. The molecule has 0 saturated heterocycles. The van der Waals surface area contributed by atoms with E-state index in [0.717, 1.165) is 6.54 Å². The van der Waals surface area contributed by atoms with Gasteiger partial charge in [-0.15, -0.1) is 0 Å². The van der Waals surface area contributed by atoms with E-state index < -0.39 is 0 Å². The van der Waals surface area contributed by atoms with E-state index in [1.54, 1.807) is 0 Å². The fourth-order valence-corrected chi connectivity index (χ4v) is 4.90. The Labute approximate surface area is 165 Å². The number of fused-ring (bicyclic) bond motifs is 1. The third-order valence-electron chi connectivity index (χ3n) is 6.16. The second-order valence-corrected chi connectivity index (χ2v) is 8.72. The molecule has 0 amide bonds. The topological polar surface area (TPSA) is 14.7 Å². The number of hydrogen-bond donors (Lipinski definition) is 1. The third kappa shape index (κ3) is 4.31. The maximum atomic E-state index is 3.51. The molecule has 0 fully saturated rings. The molecule has 27 heavy (non-hydrogen) atoms. The highest BCUT2D eigenvalue weighted by Gasteiger charge is 2.50. The van der Waals surface area contributed by atoms with Gasteiger partial charge in [0.25, 0.3) is 5.75 Å². The summed E-state index contributed by atoms with van der Waals surface area (Å²) in [5.41, 5.74) is 5.74. The Morgan fingerprint density at radius 3 is 2.41 bits per heavy atom. The van der Waals surface area contributed by atoms with Crippen LogP contribution in [0.4, 0.5) is 5.69 Å². The molecule has 1 N–H and O–H groups in total. The van der Waals surface area contributed by atoms with E-state index in [2.05, 4.69) is 87.0 Å². The van der Waals surface area contributed by atoms with Crippen LogP contribution in [-0.2, 0) is 9.78 Å². The van der Waals surface area contributed by atoms with Crippen molar-refractivity contribution in [3.63, 3.8) is 0 Å². The first-order valence-corrected chi connectivity index (χ1v) is 10.5. The second-order valence-electron chi connectivity index (χ2n) is 8.72. The Hall–Kier alpha value is -1.96. The first-order chi connectivity index (χ1) is 12.9. The molecule has 2 heteroatoms. The minimum atomic E-state index is 0.196. The molecule has 0 bridgehead atoms. The lowest BCUT2D eigenvalue weighted by Crippen LogP contribution is -2.33. The molecule has 2 aromatic rings. The lowest BCUT2D eigenvalue weighted by molar-refractivity contribution is -0.0863. The van der Waals surface area contributed by atoms with Crippen molar-refractivity contribution in [1.29, 1.82) is 0 Å². The molecule has 1 atom stereocenters. The fraction of sp³-hybridized carbons (Fsp3) is 0.520. The van der Waals surface area contributed by atoms with Gasteiger partial charge in [0.2, 0.25) is 0 Å². The van der Waals surface area contributed by atoms with Crippen LogP contribution in [0.5, 0.6) is 5.75 Å². The van der Waals surface area contributed by atoms with Crippen molar-refractivity contribution in [2.24, 2.45) is 0 Å². The average molecular weight is 367 g/mol. The number of para-hydroxylation sites is 1. The summed E-state index contributed by atoms with van der Waals surface area (Å²) in [4.78, 5) is 0. The van der Waals surface area contributed by atoms with Crippen LogP contribution in [-0.4, -0.2) is 19.8 Å². The van der Waals surface area contributed by atoms with Crippen molar-refractivity contribution < 1.29 is 4.37 Å². The molecule has 1 heterocycles. The lowest BCUT2D eigenvalue weighted by atomic mass is 9.77. The number of rotatable bonds is 8. The first-order valence-electron chi connectivity index (χ1n) is 10.5. The van der Waals surface area contributed by atoms with Gasteiger partial charge in [0.15, 0.2) is 13.2 Å².